The maximum atomic E-state index is 13.4. The van der Waals surface area contributed by atoms with Gasteiger partial charge in [0, 0.05) is 19.0 Å². The Morgan fingerprint density at radius 3 is 2.77 bits per heavy atom. The van der Waals surface area contributed by atoms with E-state index in [9.17, 15) is 14.3 Å². The normalized spacial score (nSPS) is 20.0. The molecule has 138 valence electrons. The topological polar surface area (TPSA) is 49.8 Å². The van der Waals surface area contributed by atoms with E-state index >= 15 is 0 Å². The second kappa shape index (κ2) is 8.81. The summed E-state index contributed by atoms with van der Waals surface area (Å²) in [6, 6.07) is 15.8. The standard InChI is InChI=1S/C21H24FNO3/c22-18-6-4-5-16(14-18)13-17-15-23(11-9-20(17)24)21(25)10-12-26-19-7-2-1-3-8-19/h1-8,14,17,20,24H,9-13,15H2/t17-,20-/m1/s1. The Bertz CT molecular complexity index is 722. The number of nitrogens with zero attached hydrogens (tertiary/aromatic N) is 1. The zero-order chi connectivity index (χ0) is 18.4. The van der Waals surface area contributed by atoms with Crippen LogP contribution in [0.15, 0.2) is 54.6 Å². The third-order valence-corrected chi connectivity index (χ3v) is 4.76. The molecule has 3 rings (SSSR count). The average molecular weight is 357 g/mol. The van der Waals surface area contributed by atoms with Gasteiger partial charge < -0.3 is 14.7 Å². The number of aliphatic hydroxyl groups excluding tert-OH is 1. The minimum absolute atomic E-state index is 0.0251. The van der Waals surface area contributed by atoms with Gasteiger partial charge in [-0.15, -0.1) is 0 Å². The number of carbonyl (C=O) groups excluding carboxylic acids is 1. The van der Waals surface area contributed by atoms with Gasteiger partial charge in [0.15, 0.2) is 0 Å². The van der Waals surface area contributed by atoms with Crippen LogP contribution in [0, 0.1) is 11.7 Å². The number of ether oxygens (including phenoxy) is 1. The first kappa shape index (κ1) is 18.4. The number of piperidine rings is 1. The summed E-state index contributed by atoms with van der Waals surface area (Å²) in [6.07, 6.45) is 0.939. The number of amides is 1. The lowest BCUT2D eigenvalue weighted by molar-refractivity contribution is -0.135. The van der Waals surface area contributed by atoms with Crippen molar-refractivity contribution in [3.8, 4) is 5.75 Å². The number of aliphatic hydroxyl groups is 1. The Balaban J connectivity index is 1.51. The summed E-state index contributed by atoms with van der Waals surface area (Å²) in [5, 5.41) is 10.3. The molecule has 1 N–H and O–H groups in total. The number of para-hydroxylation sites is 1. The maximum absolute atomic E-state index is 13.4. The number of hydrogen-bond acceptors (Lipinski definition) is 3. The van der Waals surface area contributed by atoms with Crippen LogP contribution in [0.2, 0.25) is 0 Å². The molecule has 1 heterocycles. The molecule has 0 aromatic heterocycles. The zero-order valence-corrected chi connectivity index (χ0v) is 14.7. The first-order chi connectivity index (χ1) is 12.6. The lowest BCUT2D eigenvalue weighted by atomic mass is 9.88. The van der Waals surface area contributed by atoms with Crippen LogP contribution in [0.5, 0.6) is 5.75 Å². The molecule has 0 bridgehead atoms. The third kappa shape index (κ3) is 5.05. The summed E-state index contributed by atoms with van der Waals surface area (Å²) in [6.45, 7) is 1.36. The fraction of sp³-hybridized carbons (Fsp3) is 0.381. The van der Waals surface area contributed by atoms with E-state index in [2.05, 4.69) is 0 Å². The molecule has 1 aliphatic rings. The lowest BCUT2D eigenvalue weighted by Gasteiger charge is -2.36. The number of likely N-dealkylation sites (tertiary alicyclic amines) is 1. The summed E-state index contributed by atoms with van der Waals surface area (Å²) in [5.74, 6) is 0.416. The van der Waals surface area contributed by atoms with Crippen molar-refractivity contribution >= 4 is 5.91 Å². The van der Waals surface area contributed by atoms with E-state index in [1.165, 1.54) is 12.1 Å². The first-order valence-corrected chi connectivity index (χ1v) is 9.00. The van der Waals surface area contributed by atoms with Gasteiger partial charge in [-0.05, 0) is 42.7 Å². The van der Waals surface area contributed by atoms with Crippen LogP contribution in [-0.2, 0) is 11.2 Å². The first-order valence-electron chi connectivity index (χ1n) is 9.00. The van der Waals surface area contributed by atoms with E-state index in [1.54, 1.807) is 11.0 Å². The Hall–Kier alpha value is -2.40. The highest BCUT2D eigenvalue weighted by Crippen LogP contribution is 2.22. The van der Waals surface area contributed by atoms with Gasteiger partial charge in [-0.1, -0.05) is 30.3 Å². The van der Waals surface area contributed by atoms with Crippen molar-refractivity contribution < 1.29 is 19.0 Å². The highest BCUT2D eigenvalue weighted by atomic mass is 19.1. The molecule has 0 unspecified atom stereocenters. The molecular formula is C21H24FNO3. The highest BCUT2D eigenvalue weighted by Gasteiger charge is 2.30. The Morgan fingerprint density at radius 1 is 1.19 bits per heavy atom. The van der Waals surface area contributed by atoms with Gasteiger partial charge in [-0.3, -0.25) is 4.79 Å². The number of hydrogen-bond donors (Lipinski definition) is 1. The summed E-state index contributed by atoms with van der Waals surface area (Å²) >= 11 is 0. The monoisotopic (exact) mass is 357 g/mol. The van der Waals surface area contributed by atoms with E-state index in [0.717, 1.165) is 11.3 Å². The van der Waals surface area contributed by atoms with E-state index in [-0.39, 0.29) is 17.6 Å². The van der Waals surface area contributed by atoms with Crippen LogP contribution in [0.3, 0.4) is 0 Å². The van der Waals surface area contributed by atoms with Crippen molar-refractivity contribution in [2.45, 2.75) is 25.4 Å². The van der Waals surface area contributed by atoms with E-state index < -0.39 is 6.10 Å². The minimum atomic E-state index is -0.470. The molecule has 1 fully saturated rings. The molecule has 0 spiro atoms. The Kier molecular flexibility index (Phi) is 6.23. The van der Waals surface area contributed by atoms with Crippen molar-refractivity contribution in [3.05, 3.63) is 66.0 Å². The second-order valence-corrected chi connectivity index (χ2v) is 6.70. The van der Waals surface area contributed by atoms with Gasteiger partial charge in [0.1, 0.15) is 11.6 Å². The fourth-order valence-electron chi connectivity index (χ4n) is 3.34. The predicted octanol–water partition coefficient (Wildman–Crippen LogP) is 3.05. The van der Waals surface area contributed by atoms with Crippen molar-refractivity contribution in [1.29, 1.82) is 0 Å². The molecule has 2 aromatic rings. The SMILES string of the molecule is O=C(CCOc1ccccc1)N1CC[C@@H](O)[C@H](Cc2cccc(F)c2)C1. The molecule has 0 aliphatic carbocycles. The summed E-state index contributed by atoms with van der Waals surface area (Å²) in [5.41, 5.74) is 0.843. The summed E-state index contributed by atoms with van der Waals surface area (Å²) < 4.78 is 18.9. The van der Waals surface area contributed by atoms with Gasteiger partial charge >= 0.3 is 0 Å². The second-order valence-electron chi connectivity index (χ2n) is 6.70. The van der Waals surface area contributed by atoms with E-state index in [4.69, 9.17) is 4.74 Å². The van der Waals surface area contributed by atoms with Crippen LogP contribution in [0.25, 0.3) is 0 Å². The molecule has 2 atom stereocenters. The largest absolute Gasteiger partial charge is 0.493 e. The summed E-state index contributed by atoms with van der Waals surface area (Å²) in [7, 11) is 0. The van der Waals surface area contributed by atoms with Crippen molar-refractivity contribution in [2.75, 3.05) is 19.7 Å². The van der Waals surface area contributed by atoms with E-state index in [1.807, 2.05) is 36.4 Å². The number of carbonyl (C=O) groups is 1. The smallest absolute Gasteiger partial charge is 0.226 e. The molecule has 4 nitrogen and oxygen atoms in total. The lowest BCUT2D eigenvalue weighted by Crippen LogP contribution is -2.47. The van der Waals surface area contributed by atoms with Gasteiger partial charge in [0.2, 0.25) is 5.91 Å². The molecule has 1 saturated heterocycles. The highest BCUT2D eigenvalue weighted by molar-refractivity contribution is 5.76. The molecule has 1 amide bonds. The molecule has 2 aromatic carbocycles. The van der Waals surface area contributed by atoms with Crippen LogP contribution in [0.1, 0.15) is 18.4 Å². The van der Waals surface area contributed by atoms with Crippen LogP contribution in [0.4, 0.5) is 4.39 Å². The minimum Gasteiger partial charge on any atom is -0.493 e. The van der Waals surface area contributed by atoms with Gasteiger partial charge in [0.25, 0.3) is 0 Å². The average Bonchev–Trinajstić information content (AvgIpc) is 2.64. The van der Waals surface area contributed by atoms with Crippen molar-refractivity contribution in [1.82, 2.24) is 4.90 Å². The maximum Gasteiger partial charge on any atom is 0.226 e. The van der Waals surface area contributed by atoms with Gasteiger partial charge in [-0.2, -0.15) is 0 Å². The Labute approximate surface area is 153 Å². The number of rotatable bonds is 6. The van der Waals surface area contributed by atoms with Crippen molar-refractivity contribution in [3.63, 3.8) is 0 Å². The zero-order valence-electron chi connectivity index (χ0n) is 14.7. The van der Waals surface area contributed by atoms with Gasteiger partial charge in [0.05, 0.1) is 19.1 Å². The number of benzene rings is 2. The molecule has 0 saturated carbocycles. The van der Waals surface area contributed by atoms with Crippen LogP contribution >= 0.6 is 0 Å². The molecule has 26 heavy (non-hydrogen) atoms. The summed E-state index contributed by atoms with van der Waals surface area (Å²) in [4.78, 5) is 14.2. The van der Waals surface area contributed by atoms with Crippen LogP contribution < -0.4 is 4.74 Å². The molecular weight excluding hydrogens is 333 g/mol. The quantitative estimate of drug-likeness (QED) is 0.864. The van der Waals surface area contributed by atoms with E-state index in [0.29, 0.717) is 39.0 Å². The molecule has 0 radical (unpaired) electrons. The third-order valence-electron chi connectivity index (χ3n) is 4.76. The van der Waals surface area contributed by atoms with Crippen molar-refractivity contribution in [2.24, 2.45) is 5.92 Å². The Morgan fingerprint density at radius 2 is 2.00 bits per heavy atom. The van der Waals surface area contributed by atoms with Crippen LogP contribution in [-0.4, -0.2) is 41.7 Å². The molecule has 1 aliphatic heterocycles. The molecule has 5 heteroatoms. The number of halogens is 1. The fourth-order valence-corrected chi connectivity index (χ4v) is 3.34. The van der Waals surface area contributed by atoms with Gasteiger partial charge in [-0.25, -0.2) is 4.39 Å². The predicted molar refractivity (Wildman–Crippen MR) is 97.4 cm³/mol.